The molecule has 0 unspecified atom stereocenters. The van der Waals surface area contributed by atoms with Gasteiger partial charge < -0.3 is 20.5 Å². The van der Waals surface area contributed by atoms with Gasteiger partial charge in [-0.3, -0.25) is 4.79 Å². The van der Waals surface area contributed by atoms with E-state index in [4.69, 9.17) is 15.2 Å². The summed E-state index contributed by atoms with van der Waals surface area (Å²) in [6.45, 7) is 9.02. The van der Waals surface area contributed by atoms with Crippen molar-refractivity contribution in [2.45, 2.75) is 56.8 Å². The first-order valence-electron chi connectivity index (χ1n) is 8.00. The van der Waals surface area contributed by atoms with Gasteiger partial charge in [0.2, 0.25) is 5.91 Å². The lowest BCUT2D eigenvalue weighted by molar-refractivity contribution is -0.120. The number of nitrogens with two attached hydrogens (primary N) is 1. The number of hydrogen-bond donors (Lipinski definition) is 2. The number of hydrogen-bond acceptors (Lipinski definition) is 5. The Balaban J connectivity index is 2.75. The second-order valence-electron chi connectivity index (χ2n) is 7.22. The molecule has 0 aromatic heterocycles. The summed E-state index contributed by atoms with van der Waals surface area (Å²) < 4.78 is 9.75. The molecule has 0 spiro atoms. The molecule has 3 N–H and O–H groups in total. The fourth-order valence-corrected chi connectivity index (χ4v) is 3.16. The Labute approximate surface area is 153 Å². The maximum Gasteiger partial charge on any atom is 0.408 e. The molecule has 1 aromatic rings. The summed E-state index contributed by atoms with van der Waals surface area (Å²) in [7, 11) is 1.62. The van der Waals surface area contributed by atoms with E-state index in [1.807, 2.05) is 38.1 Å². The van der Waals surface area contributed by atoms with Gasteiger partial charge in [-0.25, -0.2) is 4.79 Å². The Morgan fingerprint density at radius 3 is 2.16 bits per heavy atom. The molecule has 0 aliphatic rings. The van der Waals surface area contributed by atoms with Crippen molar-refractivity contribution in [2.24, 2.45) is 5.73 Å². The Hall–Kier alpha value is -1.89. The van der Waals surface area contributed by atoms with Crippen molar-refractivity contribution in [3.8, 4) is 5.75 Å². The highest BCUT2D eigenvalue weighted by atomic mass is 32.2. The van der Waals surface area contributed by atoms with Gasteiger partial charge in [-0.2, -0.15) is 0 Å². The quantitative estimate of drug-likeness (QED) is 0.772. The van der Waals surface area contributed by atoms with Gasteiger partial charge in [0, 0.05) is 10.5 Å². The molecule has 0 heterocycles. The third kappa shape index (κ3) is 7.25. The topological polar surface area (TPSA) is 90.7 Å². The van der Waals surface area contributed by atoms with Crippen LogP contribution in [0.1, 0.15) is 40.2 Å². The first-order valence-corrected chi connectivity index (χ1v) is 8.99. The highest BCUT2D eigenvalue weighted by Crippen LogP contribution is 2.32. The highest BCUT2D eigenvalue weighted by Gasteiger charge is 2.36. The predicted molar refractivity (Wildman–Crippen MR) is 101 cm³/mol. The molecular formula is C18H28N2O4S. The second-order valence-corrected chi connectivity index (χ2v) is 8.85. The van der Waals surface area contributed by atoms with Crippen LogP contribution in [-0.2, 0) is 15.3 Å². The molecule has 7 heteroatoms. The fourth-order valence-electron chi connectivity index (χ4n) is 2.09. The molecule has 140 valence electrons. The lowest BCUT2D eigenvalue weighted by Crippen LogP contribution is -2.55. The van der Waals surface area contributed by atoms with E-state index in [0.29, 0.717) is 5.75 Å². The maximum absolute atomic E-state index is 12.0. The molecule has 2 amide bonds. The number of ether oxygens (including phenoxy) is 2. The monoisotopic (exact) mass is 368 g/mol. The summed E-state index contributed by atoms with van der Waals surface area (Å²) >= 11 is 1.53. The summed E-state index contributed by atoms with van der Waals surface area (Å²) in [6.07, 6.45) is -0.658. The molecule has 1 aromatic carbocycles. The SMILES string of the molecule is COc1ccc(CSC(C)(C)[C@H](NC(=O)OC(C)(C)C)C(N)=O)cc1. The Morgan fingerprint density at radius 2 is 1.72 bits per heavy atom. The fraction of sp³-hybridized carbons (Fsp3) is 0.556. The van der Waals surface area contributed by atoms with Crippen LogP contribution in [0.25, 0.3) is 0 Å². The second kappa shape index (κ2) is 8.47. The van der Waals surface area contributed by atoms with Crippen LogP contribution < -0.4 is 15.8 Å². The largest absolute Gasteiger partial charge is 0.497 e. The molecule has 1 rings (SSSR count). The normalized spacial score (nSPS) is 13.0. The van der Waals surface area contributed by atoms with E-state index in [2.05, 4.69) is 5.32 Å². The summed E-state index contributed by atoms with van der Waals surface area (Å²) in [5.74, 6) is 0.851. The van der Waals surface area contributed by atoms with Crippen LogP contribution in [0.3, 0.4) is 0 Å². The number of benzene rings is 1. The number of amides is 2. The standard InChI is InChI=1S/C18H28N2O4S/c1-17(2,3)24-16(22)20-14(15(19)21)18(4,5)25-11-12-7-9-13(23-6)10-8-12/h7-10,14H,11H2,1-6H3,(H2,19,21)(H,20,22)/t14-/m1/s1. The zero-order valence-electron chi connectivity index (χ0n) is 15.7. The predicted octanol–water partition coefficient (Wildman–Crippen LogP) is 3.09. The van der Waals surface area contributed by atoms with Crippen LogP contribution >= 0.6 is 11.8 Å². The minimum Gasteiger partial charge on any atom is -0.497 e. The molecule has 0 saturated heterocycles. The average molecular weight is 368 g/mol. The van der Waals surface area contributed by atoms with E-state index >= 15 is 0 Å². The van der Waals surface area contributed by atoms with E-state index in [1.54, 1.807) is 27.9 Å². The van der Waals surface area contributed by atoms with Crippen LogP contribution in [-0.4, -0.2) is 35.5 Å². The first kappa shape index (κ1) is 21.2. The van der Waals surface area contributed by atoms with Crippen molar-refractivity contribution in [1.29, 1.82) is 0 Å². The summed E-state index contributed by atoms with van der Waals surface area (Å²) in [5.41, 5.74) is 5.94. The molecule has 0 fully saturated rings. The molecule has 0 aliphatic carbocycles. The molecule has 0 saturated carbocycles. The summed E-state index contributed by atoms with van der Waals surface area (Å²) in [6, 6.07) is 6.83. The van der Waals surface area contributed by atoms with Gasteiger partial charge in [-0.15, -0.1) is 11.8 Å². The van der Waals surface area contributed by atoms with Crippen LogP contribution in [0.2, 0.25) is 0 Å². The number of carbonyl (C=O) groups is 2. The Morgan fingerprint density at radius 1 is 1.16 bits per heavy atom. The van der Waals surface area contributed by atoms with E-state index in [0.717, 1.165) is 11.3 Å². The van der Waals surface area contributed by atoms with Gasteiger partial charge in [0.05, 0.1) is 7.11 Å². The number of alkyl carbamates (subject to hydrolysis) is 1. The van der Waals surface area contributed by atoms with Crippen molar-refractivity contribution in [1.82, 2.24) is 5.32 Å². The molecule has 0 radical (unpaired) electrons. The number of thioether (sulfide) groups is 1. The zero-order valence-corrected chi connectivity index (χ0v) is 16.5. The third-order valence-corrected chi connectivity index (χ3v) is 4.87. The van der Waals surface area contributed by atoms with Crippen LogP contribution in [0, 0.1) is 0 Å². The Kier molecular flexibility index (Phi) is 7.17. The van der Waals surface area contributed by atoms with Gasteiger partial charge in [0.25, 0.3) is 0 Å². The minimum atomic E-state index is -0.856. The van der Waals surface area contributed by atoms with Crippen molar-refractivity contribution >= 4 is 23.8 Å². The molecule has 1 atom stereocenters. The minimum absolute atomic E-state index is 0.599. The van der Waals surface area contributed by atoms with Gasteiger partial charge >= 0.3 is 6.09 Å². The molecular weight excluding hydrogens is 340 g/mol. The smallest absolute Gasteiger partial charge is 0.408 e. The zero-order chi connectivity index (χ0) is 19.3. The summed E-state index contributed by atoms with van der Waals surface area (Å²) in [5, 5.41) is 2.59. The average Bonchev–Trinajstić information content (AvgIpc) is 2.49. The van der Waals surface area contributed by atoms with Crippen molar-refractivity contribution in [3.05, 3.63) is 29.8 Å². The first-order chi connectivity index (χ1) is 11.4. The lowest BCUT2D eigenvalue weighted by atomic mass is 10.0. The van der Waals surface area contributed by atoms with Crippen LogP contribution in [0.15, 0.2) is 24.3 Å². The van der Waals surface area contributed by atoms with Gasteiger partial charge in [-0.1, -0.05) is 12.1 Å². The van der Waals surface area contributed by atoms with Crippen molar-refractivity contribution in [3.63, 3.8) is 0 Å². The lowest BCUT2D eigenvalue weighted by Gasteiger charge is -2.33. The van der Waals surface area contributed by atoms with Gasteiger partial charge in [0.15, 0.2) is 0 Å². The third-order valence-electron chi connectivity index (χ3n) is 3.41. The number of nitrogens with one attached hydrogen (secondary N) is 1. The van der Waals surface area contributed by atoms with Crippen molar-refractivity contribution in [2.75, 3.05) is 7.11 Å². The maximum atomic E-state index is 12.0. The number of carbonyl (C=O) groups excluding carboxylic acids is 2. The Bertz CT molecular complexity index is 594. The number of methoxy groups -OCH3 is 1. The van der Waals surface area contributed by atoms with Gasteiger partial charge in [-0.05, 0) is 52.3 Å². The van der Waals surface area contributed by atoms with Crippen LogP contribution in [0.4, 0.5) is 4.79 Å². The van der Waals surface area contributed by atoms with Gasteiger partial charge in [0.1, 0.15) is 17.4 Å². The highest BCUT2D eigenvalue weighted by molar-refractivity contribution is 7.99. The van der Waals surface area contributed by atoms with E-state index in [1.165, 1.54) is 11.8 Å². The molecule has 25 heavy (non-hydrogen) atoms. The van der Waals surface area contributed by atoms with E-state index in [-0.39, 0.29) is 0 Å². The van der Waals surface area contributed by atoms with Crippen LogP contribution in [0.5, 0.6) is 5.75 Å². The molecule has 6 nitrogen and oxygen atoms in total. The molecule has 0 aliphatic heterocycles. The number of primary amides is 1. The van der Waals surface area contributed by atoms with E-state index < -0.39 is 28.4 Å². The molecule has 0 bridgehead atoms. The van der Waals surface area contributed by atoms with Crippen molar-refractivity contribution < 1.29 is 19.1 Å². The van der Waals surface area contributed by atoms with E-state index in [9.17, 15) is 9.59 Å². The summed E-state index contributed by atoms with van der Waals surface area (Å²) in [4.78, 5) is 23.9. The number of rotatable bonds is 7.